The summed E-state index contributed by atoms with van der Waals surface area (Å²) in [4.78, 5) is 1.53. The van der Waals surface area contributed by atoms with E-state index in [9.17, 15) is 8.42 Å². The molecular formula is C13H14BrNO2S2. The third-order valence-corrected chi connectivity index (χ3v) is 5.45. The van der Waals surface area contributed by atoms with Crippen LogP contribution >= 0.6 is 27.3 Å². The number of thiophene rings is 1. The molecule has 0 saturated carbocycles. The Morgan fingerprint density at radius 2 is 2.00 bits per heavy atom. The molecule has 19 heavy (non-hydrogen) atoms. The highest BCUT2D eigenvalue weighted by molar-refractivity contribution is 9.11. The van der Waals surface area contributed by atoms with E-state index >= 15 is 0 Å². The maximum atomic E-state index is 11.5. The zero-order valence-corrected chi connectivity index (χ0v) is 13.8. The third-order valence-electron chi connectivity index (χ3n) is 2.72. The van der Waals surface area contributed by atoms with Crippen LogP contribution in [0.2, 0.25) is 0 Å². The molecule has 0 radical (unpaired) electrons. The van der Waals surface area contributed by atoms with Crippen molar-refractivity contribution in [2.45, 2.75) is 18.4 Å². The molecule has 1 aromatic heterocycles. The fourth-order valence-electron chi connectivity index (χ4n) is 1.65. The Bertz CT molecular complexity index is 692. The SMILES string of the molecule is Cc1ccc(S(C)(=O)=O)cc1NCc1ccc(Br)s1. The molecule has 3 nitrogen and oxygen atoms in total. The molecule has 0 amide bonds. The maximum Gasteiger partial charge on any atom is 0.175 e. The van der Waals surface area contributed by atoms with Gasteiger partial charge in [-0.2, -0.15) is 0 Å². The molecule has 1 aromatic carbocycles. The number of benzene rings is 1. The van der Waals surface area contributed by atoms with E-state index < -0.39 is 9.84 Å². The second kappa shape index (κ2) is 5.64. The summed E-state index contributed by atoms with van der Waals surface area (Å²) in [6.45, 7) is 2.64. The van der Waals surface area contributed by atoms with Crippen LogP contribution in [0.1, 0.15) is 10.4 Å². The first-order chi connectivity index (χ1) is 8.86. The standard InChI is InChI=1S/C13H14BrNO2S2/c1-9-3-5-11(19(2,16)17)7-12(9)15-8-10-4-6-13(14)18-10/h3-7,15H,8H2,1-2H3. The summed E-state index contributed by atoms with van der Waals surface area (Å²) in [5.41, 5.74) is 1.88. The van der Waals surface area contributed by atoms with Crippen LogP contribution in [-0.2, 0) is 16.4 Å². The molecule has 0 atom stereocenters. The number of hydrogen-bond acceptors (Lipinski definition) is 4. The van der Waals surface area contributed by atoms with Gasteiger partial charge in [0.1, 0.15) is 0 Å². The molecule has 0 aliphatic carbocycles. The Hall–Kier alpha value is -0.850. The fraction of sp³-hybridized carbons (Fsp3) is 0.231. The van der Waals surface area contributed by atoms with Gasteiger partial charge in [0, 0.05) is 23.4 Å². The number of sulfone groups is 1. The van der Waals surface area contributed by atoms with Gasteiger partial charge in [-0.05, 0) is 52.7 Å². The molecule has 0 spiro atoms. The van der Waals surface area contributed by atoms with E-state index in [-0.39, 0.29) is 0 Å². The average molecular weight is 360 g/mol. The zero-order chi connectivity index (χ0) is 14.0. The predicted octanol–water partition coefficient (Wildman–Crippen LogP) is 3.83. The molecule has 0 aliphatic rings. The molecule has 0 saturated heterocycles. The smallest absolute Gasteiger partial charge is 0.175 e. The molecule has 2 rings (SSSR count). The Kier molecular flexibility index (Phi) is 4.32. The predicted molar refractivity (Wildman–Crippen MR) is 83.6 cm³/mol. The number of hydrogen-bond donors (Lipinski definition) is 1. The van der Waals surface area contributed by atoms with Crippen LogP contribution in [0.3, 0.4) is 0 Å². The molecule has 1 heterocycles. The van der Waals surface area contributed by atoms with E-state index in [1.54, 1.807) is 23.5 Å². The lowest BCUT2D eigenvalue weighted by atomic mass is 10.2. The van der Waals surface area contributed by atoms with Crippen molar-refractivity contribution in [1.82, 2.24) is 0 Å². The van der Waals surface area contributed by atoms with E-state index in [4.69, 9.17) is 0 Å². The number of aryl methyl sites for hydroxylation is 1. The van der Waals surface area contributed by atoms with Crippen LogP contribution in [0, 0.1) is 6.92 Å². The minimum atomic E-state index is -3.17. The molecule has 0 bridgehead atoms. The van der Waals surface area contributed by atoms with Crippen LogP contribution in [0.4, 0.5) is 5.69 Å². The highest BCUT2D eigenvalue weighted by Crippen LogP contribution is 2.25. The van der Waals surface area contributed by atoms with Crippen molar-refractivity contribution in [3.8, 4) is 0 Å². The molecule has 102 valence electrons. The average Bonchev–Trinajstić information content (AvgIpc) is 2.72. The number of halogens is 1. The van der Waals surface area contributed by atoms with Gasteiger partial charge >= 0.3 is 0 Å². The summed E-state index contributed by atoms with van der Waals surface area (Å²) in [6.07, 6.45) is 1.22. The van der Waals surface area contributed by atoms with Crippen LogP contribution in [0.15, 0.2) is 39.0 Å². The van der Waals surface area contributed by atoms with Gasteiger partial charge in [-0.25, -0.2) is 8.42 Å². The summed E-state index contributed by atoms with van der Waals surface area (Å²) < 4.78 is 24.2. The Morgan fingerprint density at radius 1 is 1.26 bits per heavy atom. The van der Waals surface area contributed by atoms with E-state index in [0.29, 0.717) is 11.4 Å². The zero-order valence-electron chi connectivity index (χ0n) is 10.6. The summed E-state index contributed by atoms with van der Waals surface area (Å²) in [7, 11) is -3.17. The van der Waals surface area contributed by atoms with Gasteiger partial charge in [0.05, 0.1) is 8.68 Å². The topological polar surface area (TPSA) is 46.2 Å². The fourth-order valence-corrected chi connectivity index (χ4v) is 3.72. The van der Waals surface area contributed by atoms with E-state index in [1.807, 2.05) is 25.1 Å². The van der Waals surface area contributed by atoms with E-state index in [2.05, 4.69) is 21.2 Å². The molecular weight excluding hydrogens is 346 g/mol. The second-order valence-corrected chi connectivity index (χ2v) is 8.87. The quantitative estimate of drug-likeness (QED) is 0.901. The lowest BCUT2D eigenvalue weighted by molar-refractivity contribution is 0.602. The van der Waals surface area contributed by atoms with Crippen LogP contribution in [-0.4, -0.2) is 14.7 Å². The van der Waals surface area contributed by atoms with Crippen molar-refractivity contribution in [1.29, 1.82) is 0 Å². The normalized spacial score (nSPS) is 11.5. The van der Waals surface area contributed by atoms with Crippen molar-refractivity contribution in [3.63, 3.8) is 0 Å². The monoisotopic (exact) mass is 359 g/mol. The summed E-state index contributed by atoms with van der Waals surface area (Å²) in [5, 5.41) is 3.28. The number of nitrogens with one attached hydrogen (secondary N) is 1. The van der Waals surface area contributed by atoms with Crippen LogP contribution in [0.25, 0.3) is 0 Å². The Labute approximate surface area is 125 Å². The van der Waals surface area contributed by atoms with E-state index in [0.717, 1.165) is 15.0 Å². The molecule has 1 N–H and O–H groups in total. The third kappa shape index (κ3) is 3.81. The first-order valence-electron chi connectivity index (χ1n) is 5.65. The summed E-state index contributed by atoms with van der Waals surface area (Å²) >= 11 is 5.08. The maximum absolute atomic E-state index is 11.5. The largest absolute Gasteiger partial charge is 0.380 e. The molecule has 0 fully saturated rings. The van der Waals surface area contributed by atoms with Gasteiger partial charge in [0.15, 0.2) is 9.84 Å². The number of rotatable bonds is 4. The first kappa shape index (κ1) is 14.6. The van der Waals surface area contributed by atoms with Gasteiger partial charge in [0.25, 0.3) is 0 Å². The molecule has 6 heteroatoms. The van der Waals surface area contributed by atoms with Gasteiger partial charge in [-0.15, -0.1) is 11.3 Å². The van der Waals surface area contributed by atoms with Crippen LogP contribution in [0.5, 0.6) is 0 Å². The molecule has 2 aromatic rings. The minimum absolute atomic E-state index is 0.341. The summed E-state index contributed by atoms with van der Waals surface area (Å²) in [6, 6.07) is 9.19. The van der Waals surface area contributed by atoms with Crippen molar-refractivity contribution in [2.75, 3.05) is 11.6 Å². The van der Waals surface area contributed by atoms with Gasteiger partial charge in [0.2, 0.25) is 0 Å². The second-order valence-electron chi connectivity index (χ2n) is 4.31. The number of anilines is 1. The summed E-state index contributed by atoms with van der Waals surface area (Å²) in [5.74, 6) is 0. The van der Waals surface area contributed by atoms with Crippen molar-refractivity contribution in [2.24, 2.45) is 0 Å². The van der Waals surface area contributed by atoms with Crippen molar-refractivity contribution in [3.05, 3.63) is 44.6 Å². The highest BCUT2D eigenvalue weighted by atomic mass is 79.9. The van der Waals surface area contributed by atoms with Gasteiger partial charge in [-0.3, -0.25) is 0 Å². The van der Waals surface area contributed by atoms with E-state index in [1.165, 1.54) is 11.1 Å². The first-order valence-corrected chi connectivity index (χ1v) is 9.15. The highest BCUT2D eigenvalue weighted by Gasteiger charge is 2.09. The lowest BCUT2D eigenvalue weighted by Gasteiger charge is -2.10. The van der Waals surface area contributed by atoms with Crippen molar-refractivity contribution >= 4 is 42.8 Å². The van der Waals surface area contributed by atoms with Gasteiger partial charge < -0.3 is 5.32 Å². The lowest BCUT2D eigenvalue weighted by Crippen LogP contribution is -2.03. The van der Waals surface area contributed by atoms with Crippen molar-refractivity contribution < 1.29 is 8.42 Å². The Balaban J connectivity index is 2.20. The minimum Gasteiger partial charge on any atom is -0.380 e. The van der Waals surface area contributed by atoms with Crippen LogP contribution < -0.4 is 5.32 Å². The molecule has 0 aliphatic heterocycles. The Morgan fingerprint density at radius 3 is 2.58 bits per heavy atom. The van der Waals surface area contributed by atoms with Gasteiger partial charge in [-0.1, -0.05) is 6.07 Å². The molecule has 0 unspecified atom stereocenters.